The molecule has 1 amide bonds. The third-order valence-electron chi connectivity index (χ3n) is 6.62. The second kappa shape index (κ2) is 13.1. The van der Waals surface area contributed by atoms with Crippen molar-refractivity contribution in [3.05, 3.63) is 63.9 Å². The molecule has 0 aliphatic rings. The third-order valence-corrected chi connectivity index (χ3v) is 8.51. The molecule has 1 atom stereocenters. The first-order valence-electron chi connectivity index (χ1n) is 13.7. The number of hydrogen-bond acceptors (Lipinski definition) is 7. The van der Waals surface area contributed by atoms with Gasteiger partial charge in [-0.2, -0.15) is 4.31 Å². The van der Waals surface area contributed by atoms with Gasteiger partial charge in [0.25, 0.3) is 0 Å². The van der Waals surface area contributed by atoms with Crippen LogP contribution < -0.4 is 4.31 Å². The fourth-order valence-corrected chi connectivity index (χ4v) is 6.71. The fourth-order valence-electron chi connectivity index (χ4n) is 4.72. The van der Waals surface area contributed by atoms with E-state index in [1.54, 1.807) is 0 Å². The Morgan fingerprint density at radius 1 is 1.15 bits per heavy atom. The molecule has 10 heteroatoms. The Hall–Kier alpha value is -3.08. The van der Waals surface area contributed by atoms with Gasteiger partial charge in [0, 0.05) is 22.6 Å². The van der Waals surface area contributed by atoms with E-state index in [4.69, 9.17) is 14.7 Å². The first kappa shape index (κ1) is 29.9. The summed E-state index contributed by atoms with van der Waals surface area (Å²) >= 11 is -1.50. The Morgan fingerprint density at radius 3 is 2.50 bits per heavy atom. The van der Waals surface area contributed by atoms with Crippen LogP contribution in [0.1, 0.15) is 68.1 Å². The van der Waals surface area contributed by atoms with Crippen LogP contribution in [0.5, 0.6) is 0 Å². The van der Waals surface area contributed by atoms with Crippen LogP contribution in [0.25, 0.3) is 22.3 Å². The predicted molar refractivity (Wildman–Crippen MR) is 161 cm³/mol. The van der Waals surface area contributed by atoms with Crippen molar-refractivity contribution >= 4 is 44.9 Å². The smallest absolute Gasteiger partial charge is 0.426 e. The molecule has 3 heterocycles. The fraction of sp³-hybridized carbons (Fsp3) is 0.433. The second-order valence-corrected chi connectivity index (χ2v) is 12.3. The molecule has 214 valence electrons. The number of aryl methyl sites for hydroxylation is 3. The van der Waals surface area contributed by atoms with E-state index in [1.807, 2.05) is 44.2 Å². The maximum Gasteiger partial charge on any atom is 0.426 e. The van der Waals surface area contributed by atoms with Gasteiger partial charge in [-0.05, 0) is 61.4 Å². The average molecular weight is 582 g/mol. The molecule has 0 radical (unpaired) electrons. The summed E-state index contributed by atoms with van der Waals surface area (Å²) in [7, 11) is 0. The van der Waals surface area contributed by atoms with Crippen molar-refractivity contribution in [3.63, 3.8) is 0 Å². The molecule has 0 saturated carbocycles. The third kappa shape index (κ3) is 6.62. The van der Waals surface area contributed by atoms with Crippen LogP contribution in [0.2, 0.25) is 0 Å². The van der Waals surface area contributed by atoms with E-state index in [0.29, 0.717) is 29.4 Å². The van der Waals surface area contributed by atoms with Crippen molar-refractivity contribution in [2.75, 3.05) is 10.9 Å². The maximum absolute atomic E-state index is 12.8. The molecule has 4 rings (SSSR count). The van der Waals surface area contributed by atoms with Crippen molar-refractivity contribution in [1.29, 1.82) is 0 Å². The number of imidazole rings is 1. The normalized spacial score (nSPS) is 12.3. The monoisotopic (exact) mass is 581 g/mol. The van der Waals surface area contributed by atoms with Crippen LogP contribution in [0.15, 0.2) is 36.4 Å². The summed E-state index contributed by atoms with van der Waals surface area (Å²) in [6, 6.07) is 12.1. The molecule has 1 aromatic carbocycles. The number of thiophene rings is 1. The highest BCUT2D eigenvalue weighted by Gasteiger charge is 2.25. The van der Waals surface area contributed by atoms with E-state index in [-0.39, 0.29) is 6.61 Å². The van der Waals surface area contributed by atoms with Crippen LogP contribution in [0, 0.1) is 19.8 Å². The molecule has 0 bridgehead atoms. The predicted octanol–water partition coefficient (Wildman–Crippen LogP) is 7.12. The SMILES string of the molecule is CCCCOC(=O)N(c1sc(CC(C)C)cc1-c1ccc(Cn2c(CC)nc3c(C)cc(C)nc32)cc1)S(=O)[O-]. The number of nitrogens with zero attached hydrogens (tertiary/aromatic N) is 4. The van der Waals surface area contributed by atoms with Crippen molar-refractivity contribution in [2.45, 2.75) is 73.8 Å². The van der Waals surface area contributed by atoms with Crippen LogP contribution in [0.3, 0.4) is 0 Å². The standard InChI is InChI=1S/C30H38N4O4S2/c1-7-9-14-38-30(35)34(40(36)37)29-25(17-24(39-29)15-19(3)4)23-12-10-22(11-13-23)18-33-26(8-2)32-27-20(5)16-21(6)31-28(27)33/h10-13,16-17,19H,7-9,14-15,18H2,1-6H3,(H,36,37)/p-1. The molecule has 0 aliphatic carbocycles. The zero-order valence-corrected chi connectivity index (χ0v) is 25.7. The number of hydrogen-bond donors (Lipinski definition) is 0. The number of fused-ring (bicyclic) bond motifs is 1. The van der Waals surface area contributed by atoms with Gasteiger partial charge in [-0.1, -0.05) is 58.4 Å². The molecule has 0 saturated heterocycles. The number of benzene rings is 1. The van der Waals surface area contributed by atoms with Gasteiger partial charge in [0.2, 0.25) is 0 Å². The Labute approximate surface area is 242 Å². The van der Waals surface area contributed by atoms with Crippen molar-refractivity contribution in [2.24, 2.45) is 5.92 Å². The number of carbonyl (C=O) groups excluding carboxylic acids is 1. The summed E-state index contributed by atoms with van der Waals surface area (Å²) in [6.07, 6.45) is 2.20. The molecular formula is C30H37N4O4S2-. The number of anilines is 1. The highest BCUT2D eigenvalue weighted by atomic mass is 32.2. The average Bonchev–Trinajstić information content (AvgIpc) is 3.45. The summed E-state index contributed by atoms with van der Waals surface area (Å²) in [6.45, 7) is 13.1. The lowest BCUT2D eigenvalue weighted by molar-refractivity contribution is 0.156. The highest BCUT2D eigenvalue weighted by Crippen LogP contribution is 2.41. The van der Waals surface area contributed by atoms with Gasteiger partial charge in [0.05, 0.1) is 24.4 Å². The summed E-state index contributed by atoms with van der Waals surface area (Å²) in [4.78, 5) is 23.5. The molecule has 0 spiro atoms. The zero-order chi connectivity index (χ0) is 29.0. The van der Waals surface area contributed by atoms with Crippen LogP contribution in [0.4, 0.5) is 9.80 Å². The number of amides is 1. The number of rotatable bonds is 11. The van der Waals surface area contributed by atoms with E-state index in [9.17, 15) is 13.6 Å². The van der Waals surface area contributed by atoms with Crippen LogP contribution in [-0.2, 0) is 35.4 Å². The molecule has 1 unspecified atom stereocenters. The number of aromatic nitrogens is 3. The van der Waals surface area contributed by atoms with E-state index in [0.717, 1.165) is 67.8 Å². The van der Waals surface area contributed by atoms with Crippen LogP contribution >= 0.6 is 11.3 Å². The first-order chi connectivity index (χ1) is 19.1. The van der Waals surface area contributed by atoms with Gasteiger partial charge in [0.15, 0.2) is 5.65 Å². The Morgan fingerprint density at radius 2 is 1.88 bits per heavy atom. The minimum Gasteiger partial charge on any atom is -0.755 e. The molecule has 0 fully saturated rings. The van der Waals surface area contributed by atoms with E-state index in [2.05, 4.69) is 38.3 Å². The Kier molecular flexibility index (Phi) is 9.76. The van der Waals surface area contributed by atoms with Crippen LogP contribution in [-0.4, -0.2) is 36.0 Å². The lowest BCUT2D eigenvalue weighted by Gasteiger charge is -2.23. The van der Waals surface area contributed by atoms with Gasteiger partial charge < -0.3 is 13.9 Å². The molecule has 0 aliphatic heterocycles. The number of ether oxygens (including phenoxy) is 1. The first-order valence-corrected chi connectivity index (χ1v) is 15.6. The number of pyridine rings is 1. The minimum atomic E-state index is -2.82. The van der Waals surface area contributed by atoms with Gasteiger partial charge >= 0.3 is 6.09 Å². The topological polar surface area (TPSA) is 100 Å². The van der Waals surface area contributed by atoms with Gasteiger partial charge in [0.1, 0.15) is 16.3 Å². The molecule has 3 aromatic heterocycles. The second-order valence-electron chi connectivity index (χ2n) is 10.4. The van der Waals surface area contributed by atoms with Crippen molar-refractivity contribution in [1.82, 2.24) is 14.5 Å². The van der Waals surface area contributed by atoms with E-state index < -0.39 is 17.4 Å². The summed E-state index contributed by atoms with van der Waals surface area (Å²) in [5.74, 6) is 1.36. The lowest BCUT2D eigenvalue weighted by Crippen LogP contribution is -2.33. The van der Waals surface area contributed by atoms with E-state index in [1.165, 1.54) is 11.3 Å². The number of unbranched alkanes of at least 4 members (excludes halogenated alkanes) is 1. The molecular weight excluding hydrogens is 544 g/mol. The quantitative estimate of drug-likeness (QED) is 0.138. The Bertz CT molecular complexity index is 1510. The largest absolute Gasteiger partial charge is 0.755 e. The minimum absolute atomic E-state index is 0.174. The van der Waals surface area contributed by atoms with Gasteiger partial charge in [-0.3, -0.25) is 4.21 Å². The van der Waals surface area contributed by atoms with Crippen molar-refractivity contribution < 1.29 is 18.3 Å². The molecule has 4 aromatic rings. The Balaban J connectivity index is 1.69. The van der Waals surface area contributed by atoms with Gasteiger partial charge in [-0.25, -0.2) is 14.8 Å². The highest BCUT2D eigenvalue weighted by molar-refractivity contribution is 7.81. The number of carbonyl (C=O) groups is 1. The summed E-state index contributed by atoms with van der Waals surface area (Å²) < 4.78 is 32.7. The van der Waals surface area contributed by atoms with E-state index >= 15 is 0 Å². The molecule has 40 heavy (non-hydrogen) atoms. The lowest BCUT2D eigenvalue weighted by atomic mass is 10.0. The van der Waals surface area contributed by atoms with Crippen molar-refractivity contribution in [3.8, 4) is 11.1 Å². The molecule has 8 nitrogen and oxygen atoms in total. The van der Waals surface area contributed by atoms with Gasteiger partial charge in [-0.15, -0.1) is 11.3 Å². The summed E-state index contributed by atoms with van der Waals surface area (Å²) in [5, 5.41) is 0.349. The maximum atomic E-state index is 12.8. The zero-order valence-electron chi connectivity index (χ0n) is 24.0. The summed E-state index contributed by atoms with van der Waals surface area (Å²) in [5.41, 5.74) is 6.48. The molecule has 0 N–H and O–H groups in total.